The van der Waals surface area contributed by atoms with Crippen LogP contribution in [0.1, 0.15) is 12.2 Å². The normalized spacial score (nSPS) is 22.6. The van der Waals surface area contributed by atoms with Crippen molar-refractivity contribution in [3.8, 4) is 0 Å². The van der Waals surface area contributed by atoms with Crippen molar-refractivity contribution in [1.82, 2.24) is 14.9 Å². The topological polar surface area (TPSA) is 41.1 Å². The van der Waals surface area contributed by atoms with Crippen molar-refractivity contribution >= 4 is 5.69 Å². The van der Waals surface area contributed by atoms with E-state index in [-0.39, 0.29) is 0 Å². The van der Waals surface area contributed by atoms with Crippen LogP contribution in [0.25, 0.3) is 0 Å². The van der Waals surface area contributed by atoms with Gasteiger partial charge in [0.25, 0.3) is 0 Å². The van der Waals surface area contributed by atoms with E-state index in [1.807, 2.05) is 19.3 Å². The van der Waals surface area contributed by atoms with Gasteiger partial charge in [0.1, 0.15) is 5.82 Å². The van der Waals surface area contributed by atoms with Crippen molar-refractivity contribution in [1.29, 1.82) is 0 Å². The van der Waals surface area contributed by atoms with Crippen LogP contribution in [0, 0.1) is 6.92 Å². The Morgan fingerprint density at radius 3 is 2.71 bits per heavy atom. The second-order valence-electron chi connectivity index (χ2n) is 3.91. The Morgan fingerprint density at radius 1 is 1.43 bits per heavy atom. The Labute approximate surface area is 84.4 Å². The highest BCUT2D eigenvalue weighted by molar-refractivity contribution is 5.39. The molecular weight excluding hydrogens is 176 g/mol. The first-order valence-electron chi connectivity index (χ1n) is 4.98. The van der Waals surface area contributed by atoms with Gasteiger partial charge in [-0.1, -0.05) is 0 Å². The van der Waals surface area contributed by atoms with Gasteiger partial charge in [-0.2, -0.15) is 0 Å². The Balaban J connectivity index is 1.94. The number of aryl methyl sites for hydroxylation is 1. The van der Waals surface area contributed by atoms with Gasteiger partial charge in [-0.05, 0) is 26.9 Å². The van der Waals surface area contributed by atoms with E-state index in [4.69, 9.17) is 0 Å². The van der Waals surface area contributed by atoms with Crippen LogP contribution in [-0.2, 0) is 0 Å². The monoisotopic (exact) mass is 192 g/mol. The summed E-state index contributed by atoms with van der Waals surface area (Å²) in [6, 6.07) is 0.548. The molecule has 0 radical (unpaired) electrons. The van der Waals surface area contributed by atoms with Crippen LogP contribution in [0.3, 0.4) is 0 Å². The van der Waals surface area contributed by atoms with Gasteiger partial charge in [0.05, 0.1) is 18.1 Å². The van der Waals surface area contributed by atoms with Crippen molar-refractivity contribution < 1.29 is 0 Å². The number of hydrogen-bond donors (Lipinski definition) is 1. The van der Waals surface area contributed by atoms with Crippen molar-refractivity contribution in [3.63, 3.8) is 0 Å². The molecule has 76 valence electrons. The Morgan fingerprint density at radius 2 is 2.14 bits per heavy atom. The second kappa shape index (κ2) is 3.92. The number of anilines is 1. The lowest BCUT2D eigenvalue weighted by Crippen LogP contribution is -2.23. The van der Waals surface area contributed by atoms with E-state index in [0.717, 1.165) is 18.1 Å². The van der Waals surface area contributed by atoms with Gasteiger partial charge in [0, 0.05) is 12.6 Å². The molecular formula is C10H16N4. The zero-order chi connectivity index (χ0) is 9.97. The molecule has 4 heteroatoms. The predicted octanol–water partition coefficient (Wildman–Crippen LogP) is 0.901. The average molecular weight is 192 g/mol. The number of likely N-dealkylation sites (N-methyl/N-ethyl adjacent to an activating group) is 1. The zero-order valence-corrected chi connectivity index (χ0v) is 8.70. The molecule has 1 fully saturated rings. The molecule has 1 aliphatic heterocycles. The molecule has 4 nitrogen and oxygen atoms in total. The molecule has 0 amide bonds. The maximum Gasteiger partial charge on any atom is 0.125 e. The summed E-state index contributed by atoms with van der Waals surface area (Å²) in [5.74, 6) is 0.819. The molecule has 1 saturated heterocycles. The molecule has 14 heavy (non-hydrogen) atoms. The van der Waals surface area contributed by atoms with Crippen LogP contribution < -0.4 is 5.32 Å². The molecule has 1 aliphatic rings. The Bertz CT molecular complexity index is 295. The molecule has 1 N–H and O–H groups in total. The van der Waals surface area contributed by atoms with Crippen molar-refractivity contribution in [2.45, 2.75) is 19.4 Å². The largest absolute Gasteiger partial charge is 0.378 e. The van der Waals surface area contributed by atoms with Crippen molar-refractivity contribution in [2.75, 3.05) is 25.5 Å². The smallest absolute Gasteiger partial charge is 0.125 e. The van der Waals surface area contributed by atoms with Gasteiger partial charge < -0.3 is 10.2 Å². The number of rotatable bonds is 2. The molecule has 1 aromatic rings. The highest BCUT2D eigenvalue weighted by Crippen LogP contribution is 2.12. The van der Waals surface area contributed by atoms with Crippen LogP contribution >= 0.6 is 0 Å². The minimum Gasteiger partial charge on any atom is -0.378 e. The fraction of sp³-hybridized carbons (Fsp3) is 0.600. The quantitative estimate of drug-likeness (QED) is 0.756. The van der Waals surface area contributed by atoms with Crippen molar-refractivity contribution in [2.24, 2.45) is 0 Å². The summed E-state index contributed by atoms with van der Waals surface area (Å²) >= 11 is 0. The van der Waals surface area contributed by atoms with E-state index in [1.54, 1.807) is 0 Å². The number of aromatic nitrogens is 2. The first-order chi connectivity index (χ1) is 6.74. The summed E-state index contributed by atoms with van der Waals surface area (Å²) in [5.41, 5.74) is 1.02. The first kappa shape index (κ1) is 9.40. The third-order valence-electron chi connectivity index (χ3n) is 2.54. The second-order valence-corrected chi connectivity index (χ2v) is 3.91. The SMILES string of the molecule is Cc1ncc(NC2CCN(C)C2)cn1. The fourth-order valence-electron chi connectivity index (χ4n) is 1.76. The summed E-state index contributed by atoms with van der Waals surface area (Å²) in [5, 5.41) is 3.43. The fourth-order valence-corrected chi connectivity index (χ4v) is 1.76. The molecule has 1 atom stereocenters. The van der Waals surface area contributed by atoms with Gasteiger partial charge in [-0.3, -0.25) is 0 Å². The minimum absolute atomic E-state index is 0.548. The standard InChI is InChI=1S/C10H16N4/c1-8-11-5-10(6-12-8)13-9-3-4-14(2)7-9/h5-6,9,13H,3-4,7H2,1-2H3. The molecule has 1 unspecified atom stereocenters. The van der Waals surface area contributed by atoms with E-state index in [0.29, 0.717) is 6.04 Å². The van der Waals surface area contributed by atoms with E-state index in [1.165, 1.54) is 13.0 Å². The summed E-state index contributed by atoms with van der Waals surface area (Å²) < 4.78 is 0. The van der Waals surface area contributed by atoms with Crippen LogP contribution in [0.2, 0.25) is 0 Å². The molecule has 2 rings (SSSR count). The Kier molecular flexibility index (Phi) is 2.63. The highest BCUT2D eigenvalue weighted by Gasteiger charge is 2.18. The van der Waals surface area contributed by atoms with Crippen LogP contribution in [0.4, 0.5) is 5.69 Å². The lowest BCUT2D eigenvalue weighted by atomic mass is 10.2. The molecule has 0 aliphatic carbocycles. The van der Waals surface area contributed by atoms with E-state index in [2.05, 4.69) is 27.2 Å². The summed E-state index contributed by atoms with van der Waals surface area (Å²) in [6.07, 6.45) is 4.89. The average Bonchev–Trinajstić information content (AvgIpc) is 2.56. The lowest BCUT2D eigenvalue weighted by molar-refractivity contribution is 0.414. The van der Waals surface area contributed by atoms with Crippen molar-refractivity contribution in [3.05, 3.63) is 18.2 Å². The molecule has 0 spiro atoms. The number of nitrogens with zero attached hydrogens (tertiary/aromatic N) is 3. The number of hydrogen-bond acceptors (Lipinski definition) is 4. The summed E-state index contributed by atoms with van der Waals surface area (Å²) in [6.45, 7) is 4.17. The van der Waals surface area contributed by atoms with Gasteiger partial charge >= 0.3 is 0 Å². The predicted molar refractivity (Wildman–Crippen MR) is 56.3 cm³/mol. The maximum absolute atomic E-state index is 4.15. The maximum atomic E-state index is 4.15. The van der Waals surface area contributed by atoms with Gasteiger partial charge in [-0.25, -0.2) is 9.97 Å². The molecule has 0 aromatic carbocycles. The van der Waals surface area contributed by atoms with E-state index >= 15 is 0 Å². The van der Waals surface area contributed by atoms with Crippen LogP contribution in [-0.4, -0.2) is 41.0 Å². The summed E-state index contributed by atoms with van der Waals surface area (Å²) in [4.78, 5) is 10.6. The third-order valence-corrected chi connectivity index (χ3v) is 2.54. The van der Waals surface area contributed by atoms with Crippen LogP contribution in [0.5, 0.6) is 0 Å². The number of likely N-dealkylation sites (tertiary alicyclic amines) is 1. The summed E-state index contributed by atoms with van der Waals surface area (Å²) in [7, 11) is 2.15. The van der Waals surface area contributed by atoms with Gasteiger partial charge in [-0.15, -0.1) is 0 Å². The minimum atomic E-state index is 0.548. The Hall–Kier alpha value is -1.16. The van der Waals surface area contributed by atoms with Gasteiger partial charge in [0.2, 0.25) is 0 Å². The highest BCUT2D eigenvalue weighted by atomic mass is 15.2. The zero-order valence-electron chi connectivity index (χ0n) is 8.70. The van der Waals surface area contributed by atoms with E-state index < -0.39 is 0 Å². The van der Waals surface area contributed by atoms with Crippen LogP contribution in [0.15, 0.2) is 12.4 Å². The molecule has 1 aromatic heterocycles. The van der Waals surface area contributed by atoms with E-state index in [9.17, 15) is 0 Å². The molecule has 0 saturated carbocycles. The lowest BCUT2D eigenvalue weighted by Gasteiger charge is -2.13. The molecule has 2 heterocycles. The third kappa shape index (κ3) is 2.20. The van der Waals surface area contributed by atoms with Gasteiger partial charge in [0.15, 0.2) is 0 Å². The molecule has 0 bridgehead atoms. The first-order valence-corrected chi connectivity index (χ1v) is 4.98. The number of nitrogens with one attached hydrogen (secondary N) is 1.